The third-order valence-electron chi connectivity index (χ3n) is 3.08. The number of aromatic nitrogens is 2. The lowest BCUT2D eigenvalue weighted by Gasteiger charge is -2.07. The molecular formula is C14H18N4O. The van der Waals surface area contributed by atoms with Crippen LogP contribution in [0.5, 0.6) is 0 Å². The van der Waals surface area contributed by atoms with Crippen molar-refractivity contribution < 1.29 is 4.79 Å². The fourth-order valence-electron chi connectivity index (χ4n) is 2.11. The molecular weight excluding hydrogens is 240 g/mol. The Labute approximate surface area is 112 Å². The van der Waals surface area contributed by atoms with Gasteiger partial charge in [-0.2, -0.15) is 5.10 Å². The van der Waals surface area contributed by atoms with Gasteiger partial charge in [0.2, 0.25) is 5.91 Å². The Morgan fingerprint density at radius 1 is 1.32 bits per heavy atom. The standard InChI is InChI=1S/C14H18N4O/c1-9-14(8-15)10(2)18(17-9)13-6-4-12(5-7-13)16-11(3)19/h4-7H,8,15H2,1-3H3,(H,16,19). The number of hydrogen-bond donors (Lipinski definition) is 2. The molecule has 1 amide bonds. The summed E-state index contributed by atoms with van der Waals surface area (Å²) >= 11 is 0. The van der Waals surface area contributed by atoms with Gasteiger partial charge in [-0.3, -0.25) is 4.79 Å². The van der Waals surface area contributed by atoms with E-state index < -0.39 is 0 Å². The number of rotatable bonds is 3. The molecule has 0 saturated heterocycles. The van der Waals surface area contributed by atoms with Crippen molar-refractivity contribution in [1.82, 2.24) is 9.78 Å². The Morgan fingerprint density at radius 2 is 1.95 bits per heavy atom. The zero-order chi connectivity index (χ0) is 14.0. The topological polar surface area (TPSA) is 72.9 Å². The molecule has 0 aliphatic heterocycles. The predicted octanol–water partition coefficient (Wildman–Crippen LogP) is 1.91. The Bertz CT molecular complexity index is 599. The molecule has 0 radical (unpaired) electrons. The maximum absolute atomic E-state index is 11.0. The summed E-state index contributed by atoms with van der Waals surface area (Å²) in [5.74, 6) is -0.0794. The van der Waals surface area contributed by atoms with Crippen molar-refractivity contribution in [2.24, 2.45) is 5.73 Å². The molecule has 5 heteroatoms. The molecule has 0 bridgehead atoms. The first-order valence-electron chi connectivity index (χ1n) is 6.16. The minimum atomic E-state index is -0.0794. The summed E-state index contributed by atoms with van der Waals surface area (Å²) in [5.41, 5.74) is 10.5. The minimum absolute atomic E-state index is 0.0794. The number of nitrogens with one attached hydrogen (secondary N) is 1. The lowest BCUT2D eigenvalue weighted by molar-refractivity contribution is -0.114. The fraction of sp³-hybridized carbons (Fsp3) is 0.286. The Morgan fingerprint density at radius 3 is 2.42 bits per heavy atom. The van der Waals surface area contributed by atoms with Crippen LogP contribution in [0.4, 0.5) is 5.69 Å². The van der Waals surface area contributed by atoms with E-state index in [0.29, 0.717) is 6.54 Å². The molecule has 0 spiro atoms. The molecule has 1 aromatic carbocycles. The molecule has 0 atom stereocenters. The number of aryl methyl sites for hydroxylation is 1. The number of nitrogens with two attached hydrogens (primary N) is 1. The lowest BCUT2D eigenvalue weighted by atomic mass is 10.2. The van der Waals surface area contributed by atoms with Gasteiger partial charge in [-0.15, -0.1) is 0 Å². The van der Waals surface area contributed by atoms with E-state index in [0.717, 1.165) is 28.3 Å². The van der Waals surface area contributed by atoms with Gasteiger partial charge in [0.15, 0.2) is 0 Å². The normalized spacial score (nSPS) is 10.5. The molecule has 100 valence electrons. The SMILES string of the molecule is CC(=O)Nc1ccc(-n2nc(C)c(CN)c2C)cc1. The van der Waals surface area contributed by atoms with Gasteiger partial charge in [-0.1, -0.05) is 0 Å². The van der Waals surface area contributed by atoms with Crippen molar-refractivity contribution in [2.45, 2.75) is 27.3 Å². The molecule has 1 aromatic heterocycles. The van der Waals surface area contributed by atoms with Crippen LogP contribution in [-0.2, 0) is 11.3 Å². The lowest BCUT2D eigenvalue weighted by Crippen LogP contribution is -2.06. The van der Waals surface area contributed by atoms with Crippen molar-refractivity contribution >= 4 is 11.6 Å². The summed E-state index contributed by atoms with van der Waals surface area (Å²) in [5, 5.41) is 7.23. The highest BCUT2D eigenvalue weighted by Crippen LogP contribution is 2.19. The van der Waals surface area contributed by atoms with Gasteiger partial charge < -0.3 is 11.1 Å². The summed E-state index contributed by atoms with van der Waals surface area (Å²) in [4.78, 5) is 11.0. The zero-order valence-corrected chi connectivity index (χ0v) is 11.4. The number of anilines is 1. The molecule has 0 aliphatic rings. The van der Waals surface area contributed by atoms with Crippen LogP contribution in [0.15, 0.2) is 24.3 Å². The maximum Gasteiger partial charge on any atom is 0.221 e. The average molecular weight is 258 g/mol. The number of benzene rings is 1. The first-order chi connectivity index (χ1) is 9.02. The molecule has 0 saturated carbocycles. The van der Waals surface area contributed by atoms with Crippen LogP contribution in [0.2, 0.25) is 0 Å². The van der Waals surface area contributed by atoms with Crippen molar-refractivity contribution in [3.63, 3.8) is 0 Å². The van der Waals surface area contributed by atoms with E-state index in [1.165, 1.54) is 6.92 Å². The molecule has 1 heterocycles. The average Bonchev–Trinajstić information content (AvgIpc) is 2.64. The van der Waals surface area contributed by atoms with Gasteiger partial charge >= 0.3 is 0 Å². The summed E-state index contributed by atoms with van der Waals surface area (Å²) < 4.78 is 1.87. The molecule has 5 nitrogen and oxygen atoms in total. The van der Waals surface area contributed by atoms with Crippen LogP contribution in [0.3, 0.4) is 0 Å². The van der Waals surface area contributed by atoms with Crippen LogP contribution in [0.1, 0.15) is 23.9 Å². The molecule has 2 aromatic rings. The van der Waals surface area contributed by atoms with Crippen LogP contribution < -0.4 is 11.1 Å². The van der Waals surface area contributed by atoms with Crippen molar-refractivity contribution in [3.05, 3.63) is 41.2 Å². The summed E-state index contributed by atoms with van der Waals surface area (Å²) in [6.45, 7) is 5.94. The van der Waals surface area contributed by atoms with E-state index in [1.807, 2.05) is 42.8 Å². The number of carbonyl (C=O) groups excluding carboxylic acids is 1. The molecule has 0 fully saturated rings. The predicted molar refractivity (Wildman–Crippen MR) is 75.2 cm³/mol. The van der Waals surface area contributed by atoms with Crippen molar-refractivity contribution in [3.8, 4) is 5.69 Å². The summed E-state index contributed by atoms with van der Waals surface area (Å²) in [7, 11) is 0. The van der Waals surface area contributed by atoms with E-state index in [2.05, 4.69) is 10.4 Å². The summed E-state index contributed by atoms with van der Waals surface area (Å²) in [6, 6.07) is 7.56. The second kappa shape index (κ2) is 5.24. The first-order valence-corrected chi connectivity index (χ1v) is 6.16. The van der Waals surface area contributed by atoms with E-state index >= 15 is 0 Å². The zero-order valence-electron chi connectivity index (χ0n) is 11.4. The second-order valence-corrected chi connectivity index (χ2v) is 4.49. The van der Waals surface area contributed by atoms with Gasteiger partial charge in [0.05, 0.1) is 11.4 Å². The largest absolute Gasteiger partial charge is 0.326 e. The highest BCUT2D eigenvalue weighted by atomic mass is 16.1. The number of amides is 1. The third kappa shape index (κ3) is 2.66. The van der Waals surface area contributed by atoms with Gasteiger partial charge in [0.1, 0.15) is 0 Å². The third-order valence-corrected chi connectivity index (χ3v) is 3.08. The van der Waals surface area contributed by atoms with E-state index in [1.54, 1.807) is 0 Å². The second-order valence-electron chi connectivity index (χ2n) is 4.49. The van der Waals surface area contributed by atoms with Crippen LogP contribution in [-0.4, -0.2) is 15.7 Å². The van der Waals surface area contributed by atoms with Gasteiger partial charge in [0.25, 0.3) is 0 Å². The number of nitrogens with zero attached hydrogens (tertiary/aromatic N) is 2. The Kier molecular flexibility index (Phi) is 3.66. The van der Waals surface area contributed by atoms with E-state index in [-0.39, 0.29) is 5.91 Å². The minimum Gasteiger partial charge on any atom is -0.326 e. The first kappa shape index (κ1) is 13.3. The maximum atomic E-state index is 11.0. The fourth-order valence-corrected chi connectivity index (χ4v) is 2.11. The van der Waals surface area contributed by atoms with Crippen molar-refractivity contribution in [2.75, 3.05) is 5.32 Å². The van der Waals surface area contributed by atoms with Gasteiger partial charge in [-0.25, -0.2) is 4.68 Å². The number of hydrogen-bond acceptors (Lipinski definition) is 3. The van der Waals surface area contributed by atoms with Crippen molar-refractivity contribution in [1.29, 1.82) is 0 Å². The van der Waals surface area contributed by atoms with Gasteiger partial charge in [0, 0.05) is 30.4 Å². The molecule has 2 rings (SSSR count). The molecule has 19 heavy (non-hydrogen) atoms. The smallest absolute Gasteiger partial charge is 0.221 e. The van der Waals surface area contributed by atoms with Gasteiger partial charge in [-0.05, 0) is 38.1 Å². The molecule has 0 unspecified atom stereocenters. The van der Waals surface area contributed by atoms with E-state index in [9.17, 15) is 4.79 Å². The van der Waals surface area contributed by atoms with Crippen LogP contribution >= 0.6 is 0 Å². The quantitative estimate of drug-likeness (QED) is 0.883. The highest BCUT2D eigenvalue weighted by Gasteiger charge is 2.11. The van der Waals surface area contributed by atoms with Crippen LogP contribution in [0, 0.1) is 13.8 Å². The summed E-state index contributed by atoms with van der Waals surface area (Å²) in [6.07, 6.45) is 0. The van der Waals surface area contributed by atoms with Crippen LogP contribution in [0.25, 0.3) is 5.69 Å². The molecule has 0 aliphatic carbocycles. The van der Waals surface area contributed by atoms with E-state index in [4.69, 9.17) is 5.73 Å². The Balaban J connectivity index is 2.35. The molecule has 3 N–H and O–H groups in total. The highest BCUT2D eigenvalue weighted by molar-refractivity contribution is 5.88. The Hall–Kier alpha value is -2.14. The number of carbonyl (C=O) groups is 1. The monoisotopic (exact) mass is 258 g/mol.